The minimum absolute atomic E-state index is 0.0437. The average molecular weight is 665 g/mol. The monoisotopic (exact) mass is 664 g/mol. The van der Waals surface area contributed by atoms with Crippen molar-refractivity contribution >= 4 is 24.0 Å². The van der Waals surface area contributed by atoms with Gasteiger partial charge < -0.3 is 34.0 Å². The summed E-state index contributed by atoms with van der Waals surface area (Å²) in [6.45, 7) is 12.6. The van der Waals surface area contributed by atoms with Crippen molar-refractivity contribution in [3.8, 4) is 0 Å². The van der Waals surface area contributed by atoms with Crippen molar-refractivity contribution in [2.45, 2.75) is 90.0 Å². The van der Waals surface area contributed by atoms with E-state index in [1.54, 1.807) is 39.2 Å². The third-order valence-corrected chi connectivity index (χ3v) is 9.17. The standard InChI is InChI=1S/C34H45FN8O5/c1-6-43(23-11-13-41(14-12-23)32-39-29(40-48-32)28-8-7-15-46-28)30(44)22-17-36-31(37-18-22)42-19-25(24-16-21(2)9-10-26(24)35)27(20-42)38-33(45)47-34(3,4)5/h9-10,16-18,23,25,27-28H,6-8,11-15,19-20H2,1-5H3,(H,38,45). The minimum atomic E-state index is -0.677. The highest BCUT2D eigenvalue weighted by atomic mass is 19.1. The second-order valence-electron chi connectivity index (χ2n) is 13.8. The molecule has 0 aliphatic carbocycles. The topological polar surface area (TPSA) is 139 Å². The lowest BCUT2D eigenvalue weighted by atomic mass is 9.92. The van der Waals surface area contributed by atoms with Crippen LogP contribution < -0.4 is 15.1 Å². The Hall–Kier alpha value is -4.33. The molecule has 1 aromatic carbocycles. The number of aryl methyl sites for hydroxylation is 1. The fourth-order valence-electron chi connectivity index (χ4n) is 6.80. The third-order valence-electron chi connectivity index (χ3n) is 9.17. The summed E-state index contributed by atoms with van der Waals surface area (Å²) in [4.78, 5) is 45.9. The zero-order chi connectivity index (χ0) is 34.0. The molecular weight excluding hydrogens is 619 g/mol. The Morgan fingerprint density at radius 3 is 2.52 bits per heavy atom. The second-order valence-corrected chi connectivity index (χ2v) is 13.8. The van der Waals surface area contributed by atoms with Crippen molar-refractivity contribution in [2.75, 3.05) is 49.1 Å². The van der Waals surface area contributed by atoms with Gasteiger partial charge in [-0.05, 0) is 71.9 Å². The van der Waals surface area contributed by atoms with Crippen LogP contribution in [0.3, 0.4) is 0 Å². The first kappa shape index (κ1) is 33.6. The van der Waals surface area contributed by atoms with Gasteiger partial charge in [0.2, 0.25) is 11.8 Å². The largest absolute Gasteiger partial charge is 0.444 e. The van der Waals surface area contributed by atoms with Crippen molar-refractivity contribution < 1.29 is 28.0 Å². The number of piperidine rings is 1. The van der Waals surface area contributed by atoms with E-state index in [0.717, 1.165) is 37.9 Å². The maximum atomic E-state index is 15.1. The molecule has 5 heterocycles. The summed E-state index contributed by atoms with van der Waals surface area (Å²) < 4.78 is 31.8. The number of hydrogen-bond acceptors (Lipinski definition) is 11. The Kier molecular flexibility index (Phi) is 9.81. The Bertz CT molecular complexity index is 1580. The predicted octanol–water partition coefficient (Wildman–Crippen LogP) is 4.79. The molecule has 3 atom stereocenters. The first-order chi connectivity index (χ1) is 23.0. The lowest BCUT2D eigenvalue weighted by Crippen LogP contribution is -2.47. The molecule has 6 rings (SSSR count). The van der Waals surface area contributed by atoms with E-state index in [-0.39, 0.29) is 29.8 Å². The van der Waals surface area contributed by atoms with Gasteiger partial charge in [-0.3, -0.25) is 4.79 Å². The van der Waals surface area contributed by atoms with Gasteiger partial charge in [0.1, 0.15) is 17.5 Å². The number of aromatic nitrogens is 4. The Morgan fingerprint density at radius 2 is 1.85 bits per heavy atom. The van der Waals surface area contributed by atoms with Crippen LogP contribution in [0.25, 0.3) is 0 Å². The molecule has 3 fully saturated rings. The van der Waals surface area contributed by atoms with E-state index >= 15 is 4.39 Å². The predicted molar refractivity (Wildman–Crippen MR) is 175 cm³/mol. The van der Waals surface area contributed by atoms with Crippen molar-refractivity contribution in [1.82, 2.24) is 30.3 Å². The van der Waals surface area contributed by atoms with E-state index in [4.69, 9.17) is 14.0 Å². The number of ether oxygens (including phenoxy) is 2. The molecule has 13 nitrogen and oxygen atoms in total. The van der Waals surface area contributed by atoms with Crippen LogP contribution in [-0.4, -0.2) is 94.0 Å². The number of anilines is 2. The number of amides is 2. The molecule has 0 saturated carbocycles. The average Bonchev–Trinajstić information content (AvgIpc) is 3.84. The lowest BCUT2D eigenvalue weighted by Gasteiger charge is -2.37. The molecule has 3 aliphatic rings. The molecular formula is C34H45FN8O5. The number of alkyl carbamates (subject to hydrolysis) is 1. The third kappa shape index (κ3) is 7.53. The van der Waals surface area contributed by atoms with Crippen LogP contribution >= 0.6 is 0 Å². The number of carbonyl (C=O) groups is 2. The van der Waals surface area contributed by atoms with Crippen LogP contribution in [0.4, 0.5) is 21.1 Å². The number of halogens is 1. The van der Waals surface area contributed by atoms with E-state index in [1.807, 2.05) is 29.7 Å². The molecule has 258 valence electrons. The highest BCUT2D eigenvalue weighted by Crippen LogP contribution is 2.33. The zero-order valence-corrected chi connectivity index (χ0v) is 28.3. The van der Waals surface area contributed by atoms with Crippen LogP contribution in [0.5, 0.6) is 0 Å². The summed E-state index contributed by atoms with van der Waals surface area (Å²) in [5.41, 5.74) is 1.15. The molecule has 0 spiro atoms. The van der Waals surface area contributed by atoms with Crippen LogP contribution in [0.1, 0.15) is 92.7 Å². The lowest BCUT2D eigenvalue weighted by molar-refractivity contribution is 0.0504. The second kappa shape index (κ2) is 14.0. The van der Waals surface area contributed by atoms with Crippen molar-refractivity contribution in [1.29, 1.82) is 0 Å². The Morgan fingerprint density at radius 1 is 1.10 bits per heavy atom. The molecule has 3 unspecified atom stereocenters. The van der Waals surface area contributed by atoms with Crippen molar-refractivity contribution in [2.24, 2.45) is 0 Å². The number of hydrogen-bond donors (Lipinski definition) is 1. The summed E-state index contributed by atoms with van der Waals surface area (Å²) in [5.74, 6) is 0.165. The smallest absolute Gasteiger partial charge is 0.407 e. The van der Waals surface area contributed by atoms with Crippen LogP contribution in [-0.2, 0) is 9.47 Å². The number of carbonyl (C=O) groups excluding carboxylic acids is 2. The van der Waals surface area contributed by atoms with Gasteiger partial charge in [0.15, 0.2) is 0 Å². The summed E-state index contributed by atoms with van der Waals surface area (Å²) in [6.07, 6.45) is 5.84. The minimum Gasteiger partial charge on any atom is -0.444 e. The van der Waals surface area contributed by atoms with Crippen molar-refractivity contribution in [3.05, 3.63) is 58.9 Å². The Balaban J connectivity index is 1.10. The van der Waals surface area contributed by atoms with Gasteiger partial charge >= 0.3 is 12.1 Å². The van der Waals surface area contributed by atoms with Gasteiger partial charge in [-0.2, -0.15) is 4.98 Å². The molecule has 3 aliphatic heterocycles. The summed E-state index contributed by atoms with van der Waals surface area (Å²) in [5, 5.41) is 7.07. The normalized spacial score (nSPS) is 21.8. The highest BCUT2D eigenvalue weighted by Gasteiger charge is 2.39. The van der Waals surface area contributed by atoms with Gasteiger partial charge in [0.05, 0.1) is 11.6 Å². The molecule has 1 N–H and O–H groups in total. The molecule has 3 saturated heterocycles. The summed E-state index contributed by atoms with van der Waals surface area (Å²) in [7, 11) is 0. The highest BCUT2D eigenvalue weighted by molar-refractivity contribution is 5.94. The summed E-state index contributed by atoms with van der Waals surface area (Å²) >= 11 is 0. The molecule has 2 aromatic heterocycles. The number of rotatable bonds is 8. The van der Waals surface area contributed by atoms with E-state index in [9.17, 15) is 9.59 Å². The van der Waals surface area contributed by atoms with Crippen LogP contribution in [0, 0.1) is 12.7 Å². The van der Waals surface area contributed by atoms with E-state index < -0.39 is 17.7 Å². The molecule has 0 radical (unpaired) electrons. The maximum absolute atomic E-state index is 15.1. The van der Waals surface area contributed by atoms with Gasteiger partial charge in [0.25, 0.3) is 5.91 Å². The van der Waals surface area contributed by atoms with E-state index in [1.165, 1.54) is 6.07 Å². The number of nitrogens with zero attached hydrogens (tertiary/aromatic N) is 7. The SMILES string of the molecule is CCN(C(=O)c1cnc(N2CC(NC(=O)OC(C)(C)C)C(c3cc(C)ccc3F)C2)nc1)C1CCN(c2nc(C3CCCO3)no2)CC1. The number of nitrogens with one attached hydrogen (secondary N) is 1. The fourth-order valence-corrected chi connectivity index (χ4v) is 6.80. The van der Waals surface area contributed by atoms with Crippen LogP contribution in [0.15, 0.2) is 35.1 Å². The van der Waals surface area contributed by atoms with Gasteiger partial charge in [-0.25, -0.2) is 19.2 Å². The summed E-state index contributed by atoms with van der Waals surface area (Å²) in [6, 6.07) is 5.07. The first-order valence-electron chi connectivity index (χ1n) is 16.8. The fraction of sp³-hybridized carbons (Fsp3) is 0.588. The van der Waals surface area contributed by atoms with Gasteiger partial charge in [0, 0.05) is 63.7 Å². The van der Waals surface area contributed by atoms with E-state index in [2.05, 4.69) is 30.3 Å². The van der Waals surface area contributed by atoms with E-state index in [0.29, 0.717) is 61.6 Å². The molecule has 14 heteroatoms. The van der Waals surface area contributed by atoms with Gasteiger partial charge in [-0.1, -0.05) is 22.9 Å². The first-order valence-corrected chi connectivity index (χ1v) is 16.8. The number of benzene rings is 1. The quantitative estimate of drug-likeness (QED) is 0.356. The van der Waals surface area contributed by atoms with Crippen LogP contribution in [0.2, 0.25) is 0 Å². The van der Waals surface area contributed by atoms with Crippen molar-refractivity contribution in [3.63, 3.8) is 0 Å². The molecule has 0 bridgehead atoms. The maximum Gasteiger partial charge on any atom is 0.407 e. The van der Waals surface area contributed by atoms with Gasteiger partial charge in [-0.15, -0.1) is 0 Å². The molecule has 2 amide bonds. The molecule has 3 aromatic rings. The molecule has 48 heavy (non-hydrogen) atoms. The zero-order valence-electron chi connectivity index (χ0n) is 28.3. The Labute approximate surface area is 280 Å².